The molecular weight excluding hydrogens is 410 g/mol. The van der Waals surface area contributed by atoms with E-state index in [1.165, 1.54) is 11.1 Å². The molecule has 31 heavy (non-hydrogen) atoms. The highest BCUT2D eigenvalue weighted by Crippen LogP contribution is 2.41. The van der Waals surface area contributed by atoms with E-state index >= 15 is 0 Å². The quantitative estimate of drug-likeness (QED) is 0.684. The molecule has 4 rings (SSSR count). The fraction of sp³-hybridized carbons (Fsp3) is 0.458. The van der Waals surface area contributed by atoms with Gasteiger partial charge in [0.2, 0.25) is 15.9 Å². The number of sulfonamides is 1. The van der Waals surface area contributed by atoms with Gasteiger partial charge in [-0.15, -0.1) is 0 Å². The van der Waals surface area contributed by atoms with Crippen molar-refractivity contribution in [2.75, 3.05) is 32.7 Å². The van der Waals surface area contributed by atoms with Gasteiger partial charge < -0.3 is 5.32 Å². The highest BCUT2D eigenvalue weighted by atomic mass is 32.2. The molecule has 1 aliphatic heterocycles. The first-order valence-corrected chi connectivity index (χ1v) is 12.6. The number of piperazine rings is 1. The van der Waals surface area contributed by atoms with E-state index in [2.05, 4.69) is 36.5 Å². The SMILES string of the molecule is Cc1ccc(C(NC(=O)CN2CCN(S(=O)(=O)Cc3ccccc3)CC2)C2CC2)cc1. The van der Waals surface area contributed by atoms with Crippen molar-refractivity contribution in [3.8, 4) is 0 Å². The van der Waals surface area contributed by atoms with Crippen molar-refractivity contribution in [3.05, 3.63) is 71.3 Å². The molecule has 0 aromatic heterocycles. The van der Waals surface area contributed by atoms with Gasteiger partial charge in [0.25, 0.3) is 0 Å². The smallest absolute Gasteiger partial charge is 0.234 e. The van der Waals surface area contributed by atoms with E-state index in [4.69, 9.17) is 0 Å². The third-order valence-electron chi connectivity index (χ3n) is 6.13. The summed E-state index contributed by atoms with van der Waals surface area (Å²) in [7, 11) is -3.34. The molecule has 1 saturated heterocycles. The van der Waals surface area contributed by atoms with Crippen LogP contribution in [0.2, 0.25) is 0 Å². The zero-order valence-electron chi connectivity index (χ0n) is 18.0. The molecular formula is C24H31N3O3S. The van der Waals surface area contributed by atoms with Crippen LogP contribution in [0, 0.1) is 12.8 Å². The fourth-order valence-corrected chi connectivity index (χ4v) is 5.66. The maximum Gasteiger partial charge on any atom is 0.234 e. The Kier molecular flexibility index (Phi) is 6.74. The van der Waals surface area contributed by atoms with Crippen molar-refractivity contribution >= 4 is 15.9 Å². The van der Waals surface area contributed by atoms with Gasteiger partial charge in [0.1, 0.15) is 0 Å². The average Bonchev–Trinajstić information content (AvgIpc) is 3.59. The number of carbonyl (C=O) groups excluding carboxylic acids is 1. The Morgan fingerprint density at radius 2 is 1.65 bits per heavy atom. The third-order valence-corrected chi connectivity index (χ3v) is 7.98. The number of benzene rings is 2. The molecule has 2 aromatic carbocycles. The molecule has 7 heteroatoms. The molecule has 1 saturated carbocycles. The van der Waals surface area contributed by atoms with Gasteiger partial charge in [-0.25, -0.2) is 8.42 Å². The van der Waals surface area contributed by atoms with E-state index in [0.29, 0.717) is 38.6 Å². The fourth-order valence-electron chi connectivity index (χ4n) is 4.14. The number of hydrogen-bond donors (Lipinski definition) is 1. The number of nitrogens with one attached hydrogen (secondary N) is 1. The topological polar surface area (TPSA) is 69.7 Å². The van der Waals surface area contributed by atoms with Crippen molar-refractivity contribution in [2.24, 2.45) is 5.92 Å². The van der Waals surface area contributed by atoms with Gasteiger partial charge in [0.05, 0.1) is 18.3 Å². The summed E-state index contributed by atoms with van der Waals surface area (Å²) in [4.78, 5) is 14.8. The third kappa shape index (κ3) is 5.93. The van der Waals surface area contributed by atoms with Gasteiger partial charge in [-0.1, -0.05) is 60.2 Å². The molecule has 0 spiro atoms. The Balaban J connectivity index is 1.28. The Bertz CT molecular complexity index is 980. The van der Waals surface area contributed by atoms with Crippen molar-refractivity contribution in [2.45, 2.75) is 31.6 Å². The first kappa shape index (κ1) is 22.0. The van der Waals surface area contributed by atoms with Gasteiger partial charge in [-0.3, -0.25) is 9.69 Å². The van der Waals surface area contributed by atoms with Crippen LogP contribution in [0.3, 0.4) is 0 Å². The maximum atomic E-state index is 12.7. The standard InChI is InChI=1S/C24H31N3O3S/c1-19-7-9-21(10-8-19)24(22-11-12-22)25-23(28)17-26-13-15-27(16-14-26)31(29,30)18-20-5-3-2-4-6-20/h2-10,22,24H,11-18H2,1H3,(H,25,28). The molecule has 1 heterocycles. The van der Waals surface area contributed by atoms with E-state index in [-0.39, 0.29) is 17.7 Å². The number of hydrogen-bond acceptors (Lipinski definition) is 4. The largest absolute Gasteiger partial charge is 0.348 e. The van der Waals surface area contributed by atoms with Gasteiger partial charge >= 0.3 is 0 Å². The van der Waals surface area contributed by atoms with Crippen molar-refractivity contribution in [1.82, 2.24) is 14.5 Å². The molecule has 2 aromatic rings. The van der Waals surface area contributed by atoms with Crippen LogP contribution in [-0.2, 0) is 20.6 Å². The Hall–Kier alpha value is -2.22. The minimum atomic E-state index is -3.34. The number of rotatable bonds is 8. The van der Waals surface area contributed by atoms with E-state index in [1.54, 1.807) is 4.31 Å². The molecule has 6 nitrogen and oxygen atoms in total. The Morgan fingerprint density at radius 3 is 2.26 bits per heavy atom. The molecule has 1 aliphatic carbocycles. The minimum Gasteiger partial charge on any atom is -0.348 e. The van der Waals surface area contributed by atoms with Crippen molar-refractivity contribution < 1.29 is 13.2 Å². The zero-order valence-corrected chi connectivity index (χ0v) is 18.9. The van der Waals surface area contributed by atoms with E-state index < -0.39 is 10.0 Å². The summed E-state index contributed by atoms with van der Waals surface area (Å²) in [5.41, 5.74) is 3.18. The predicted octanol–water partition coefficient (Wildman–Crippen LogP) is 2.71. The molecule has 1 amide bonds. The number of nitrogens with zero attached hydrogens (tertiary/aromatic N) is 2. The maximum absolute atomic E-state index is 12.7. The van der Waals surface area contributed by atoms with Crippen LogP contribution in [0.15, 0.2) is 54.6 Å². The van der Waals surface area contributed by atoms with E-state index in [0.717, 1.165) is 18.4 Å². The normalized spacial score (nSPS) is 19.1. The number of amides is 1. The summed E-state index contributed by atoms with van der Waals surface area (Å²) < 4.78 is 27.0. The highest BCUT2D eigenvalue weighted by Gasteiger charge is 2.34. The zero-order chi connectivity index (χ0) is 21.8. The summed E-state index contributed by atoms with van der Waals surface area (Å²) in [6.07, 6.45) is 2.30. The van der Waals surface area contributed by atoms with Crippen molar-refractivity contribution in [3.63, 3.8) is 0 Å². The lowest BCUT2D eigenvalue weighted by molar-refractivity contribution is -0.123. The van der Waals surface area contributed by atoms with E-state index in [1.807, 2.05) is 35.2 Å². The van der Waals surface area contributed by atoms with Crippen molar-refractivity contribution in [1.29, 1.82) is 0 Å². The number of aryl methyl sites for hydroxylation is 1. The summed E-state index contributed by atoms with van der Waals surface area (Å²) in [6.45, 7) is 4.36. The minimum absolute atomic E-state index is 0.0121. The molecule has 1 N–H and O–H groups in total. The van der Waals surface area contributed by atoms with Gasteiger partial charge in [-0.05, 0) is 36.8 Å². The highest BCUT2D eigenvalue weighted by molar-refractivity contribution is 7.88. The van der Waals surface area contributed by atoms with Crippen LogP contribution in [-0.4, -0.2) is 56.3 Å². The second-order valence-electron chi connectivity index (χ2n) is 8.71. The summed E-state index contributed by atoms with van der Waals surface area (Å²) in [5, 5.41) is 3.22. The monoisotopic (exact) mass is 441 g/mol. The Morgan fingerprint density at radius 1 is 1.00 bits per heavy atom. The number of carbonyl (C=O) groups is 1. The molecule has 0 bridgehead atoms. The second kappa shape index (κ2) is 9.51. The lowest BCUT2D eigenvalue weighted by Crippen LogP contribution is -2.51. The first-order chi connectivity index (χ1) is 14.9. The van der Waals surface area contributed by atoms with Crippen LogP contribution in [0.4, 0.5) is 0 Å². The lowest BCUT2D eigenvalue weighted by atomic mass is 10.0. The van der Waals surface area contributed by atoms with Gasteiger partial charge in [0, 0.05) is 26.2 Å². The van der Waals surface area contributed by atoms with Crippen LogP contribution in [0.5, 0.6) is 0 Å². The van der Waals surface area contributed by atoms with Crippen LogP contribution in [0.25, 0.3) is 0 Å². The van der Waals surface area contributed by atoms with Gasteiger partial charge in [0.15, 0.2) is 0 Å². The lowest BCUT2D eigenvalue weighted by Gasteiger charge is -2.34. The van der Waals surface area contributed by atoms with Crippen LogP contribution >= 0.6 is 0 Å². The molecule has 166 valence electrons. The van der Waals surface area contributed by atoms with E-state index in [9.17, 15) is 13.2 Å². The summed E-state index contributed by atoms with van der Waals surface area (Å²) in [6, 6.07) is 17.7. The predicted molar refractivity (Wildman–Crippen MR) is 122 cm³/mol. The van der Waals surface area contributed by atoms with Crippen LogP contribution < -0.4 is 5.32 Å². The molecule has 2 aliphatic rings. The summed E-state index contributed by atoms with van der Waals surface area (Å²) >= 11 is 0. The summed E-state index contributed by atoms with van der Waals surface area (Å²) in [5.74, 6) is 0.554. The molecule has 2 fully saturated rings. The second-order valence-corrected chi connectivity index (χ2v) is 10.7. The Labute approximate surface area is 185 Å². The average molecular weight is 442 g/mol. The molecule has 0 radical (unpaired) electrons. The molecule has 1 atom stereocenters. The van der Waals surface area contributed by atoms with Crippen LogP contribution in [0.1, 0.15) is 35.6 Å². The molecule has 1 unspecified atom stereocenters. The first-order valence-electron chi connectivity index (χ1n) is 11.0. The van der Waals surface area contributed by atoms with Gasteiger partial charge in [-0.2, -0.15) is 4.31 Å².